The molecule has 0 aromatic heterocycles. The number of hydrogen-bond donors (Lipinski definition) is 1. The molecule has 0 amide bonds. The summed E-state index contributed by atoms with van der Waals surface area (Å²) in [5, 5.41) is 0. The number of ether oxygens (including phenoxy) is 1. The van der Waals surface area contributed by atoms with Gasteiger partial charge in [-0.05, 0) is 26.3 Å². The molecule has 0 saturated carbocycles. The van der Waals surface area contributed by atoms with E-state index in [9.17, 15) is 8.42 Å². The third kappa shape index (κ3) is 21.4. The van der Waals surface area contributed by atoms with Gasteiger partial charge in [-0.3, -0.25) is 9.45 Å². The van der Waals surface area contributed by atoms with Gasteiger partial charge in [-0.25, -0.2) is 4.18 Å². The van der Waals surface area contributed by atoms with Crippen molar-refractivity contribution in [3.63, 3.8) is 0 Å². The van der Waals surface area contributed by atoms with Crippen LogP contribution in [-0.4, -0.2) is 56.8 Å². The second kappa shape index (κ2) is 21.6. The van der Waals surface area contributed by atoms with E-state index in [1.54, 1.807) is 0 Å². The maximum atomic E-state index is 9.56. The summed E-state index contributed by atoms with van der Waals surface area (Å²) in [6, 6.07) is 0.681. The van der Waals surface area contributed by atoms with Crippen molar-refractivity contribution < 1.29 is 21.9 Å². The molecule has 0 aromatic carbocycles. The molecule has 1 fully saturated rings. The summed E-state index contributed by atoms with van der Waals surface area (Å²) in [5.41, 5.74) is 0. The minimum atomic E-state index is -4.17. The number of nitrogens with zero attached hydrogens (tertiary/aromatic N) is 1. The Labute approximate surface area is 193 Å². The maximum Gasteiger partial charge on any atom is 0.397 e. The average Bonchev–Trinajstić information content (AvgIpc) is 2.74. The lowest BCUT2D eigenvalue weighted by Gasteiger charge is -2.35. The van der Waals surface area contributed by atoms with Crippen molar-refractivity contribution >= 4 is 10.4 Å². The summed E-state index contributed by atoms with van der Waals surface area (Å²) in [6.45, 7) is 10.4. The van der Waals surface area contributed by atoms with Crippen LogP contribution < -0.4 is 0 Å². The summed E-state index contributed by atoms with van der Waals surface area (Å²) in [5.74, 6) is 0. The molecular formula is C24H51NO5S. The van der Waals surface area contributed by atoms with Crippen molar-refractivity contribution in [3.05, 3.63) is 0 Å². The smallest absolute Gasteiger partial charge is 0.378 e. The second-order valence-corrected chi connectivity index (χ2v) is 9.69. The Bertz CT molecular complexity index is 473. The quantitative estimate of drug-likeness (QED) is 0.186. The predicted molar refractivity (Wildman–Crippen MR) is 130 cm³/mol. The Morgan fingerprint density at radius 3 is 1.71 bits per heavy atom. The lowest BCUT2D eigenvalue weighted by atomic mass is 10.0. The molecule has 1 rings (SSSR count). The zero-order valence-electron chi connectivity index (χ0n) is 20.7. The van der Waals surface area contributed by atoms with Crippen LogP contribution in [0.4, 0.5) is 0 Å². The van der Waals surface area contributed by atoms with E-state index >= 15 is 0 Å². The van der Waals surface area contributed by atoms with Crippen LogP contribution >= 0.6 is 0 Å². The van der Waals surface area contributed by atoms with Crippen LogP contribution in [0.3, 0.4) is 0 Å². The number of unbranched alkanes of at least 4 members (excludes halogenated alkanes) is 13. The molecule has 1 saturated heterocycles. The van der Waals surface area contributed by atoms with Gasteiger partial charge in [0.05, 0.1) is 19.8 Å². The predicted octanol–water partition coefficient (Wildman–Crippen LogP) is 6.40. The summed E-state index contributed by atoms with van der Waals surface area (Å²) in [7, 11) is -4.17. The van der Waals surface area contributed by atoms with Gasteiger partial charge in [0.25, 0.3) is 0 Å². The summed E-state index contributed by atoms with van der Waals surface area (Å²) in [4.78, 5) is 2.66. The van der Waals surface area contributed by atoms with Gasteiger partial charge in [-0.1, -0.05) is 97.3 Å². The van der Waals surface area contributed by atoms with Gasteiger partial charge < -0.3 is 4.74 Å². The number of morpholine rings is 1. The molecule has 1 N–H and O–H groups in total. The zero-order valence-corrected chi connectivity index (χ0v) is 21.5. The maximum absolute atomic E-state index is 9.56. The Kier molecular flexibility index (Phi) is 21.5. The second-order valence-electron chi connectivity index (χ2n) is 8.60. The molecule has 1 atom stereocenters. The Morgan fingerprint density at radius 2 is 1.32 bits per heavy atom. The molecule has 188 valence electrons. The normalized spacial score (nSPS) is 17.4. The van der Waals surface area contributed by atoms with Crippen LogP contribution in [0.25, 0.3) is 0 Å². The number of rotatable bonds is 18. The first-order valence-electron chi connectivity index (χ1n) is 12.9. The fraction of sp³-hybridized carbons (Fsp3) is 1.00. The first-order chi connectivity index (χ1) is 14.9. The molecular weight excluding hydrogens is 414 g/mol. The molecule has 0 spiro atoms. The molecule has 7 heteroatoms. The third-order valence-corrected chi connectivity index (χ3v) is 6.42. The highest BCUT2D eigenvalue weighted by Gasteiger charge is 2.20. The van der Waals surface area contributed by atoms with Crippen molar-refractivity contribution in [2.75, 3.05) is 32.9 Å². The van der Waals surface area contributed by atoms with Gasteiger partial charge in [0.1, 0.15) is 0 Å². The van der Waals surface area contributed by atoms with E-state index in [4.69, 9.17) is 9.29 Å². The molecule has 1 aliphatic heterocycles. The average molecular weight is 466 g/mol. The van der Waals surface area contributed by atoms with Crippen LogP contribution in [-0.2, 0) is 19.3 Å². The van der Waals surface area contributed by atoms with Gasteiger partial charge in [-0.15, -0.1) is 0 Å². The van der Waals surface area contributed by atoms with Crippen molar-refractivity contribution in [1.82, 2.24) is 4.90 Å². The van der Waals surface area contributed by atoms with Crippen LogP contribution in [0.1, 0.15) is 117 Å². The third-order valence-electron chi connectivity index (χ3n) is 5.89. The van der Waals surface area contributed by atoms with E-state index in [-0.39, 0.29) is 6.61 Å². The van der Waals surface area contributed by atoms with E-state index in [2.05, 4.69) is 22.9 Å². The van der Waals surface area contributed by atoms with Crippen molar-refractivity contribution in [2.45, 2.75) is 123 Å². The van der Waals surface area contributed by atoms with Gasteiger partial charge in [-0.2, -0.15) is 8.42 Å². The zero-order chi connectivity index (χ0) is 23.2. The van der Waals surface area contributed by atoms with Crippen molar-refractivity contribution in [3.8, 4) is 0 Å². The molecule has 1 unspecified atom stereocenters. The van der Waals surface area contributed by atoms with Crippen LogP contribution in [0.15, 0.2) is 0 Å². The van der Waals surface area contributed by atoms with E-state index in [0.717, 1.165) is 19.8 Å². The van der Waals surface area contributed by atoms with Gasteiger partial charge >= 0.3 is 10.4 Å². The van der Waals surface area contributed by atoms with Crippen molar-refractivity contribution in [1.29, 1.82) is 0 Å². The molecule has 0 radical (unpaired) electrons. The summed E-state index contributed by atoms with van der Waals surface area (Å²) >= 11 is 0. The molecule has 6 nitrogen and oxygen atoms in total. The molecule has 0 aromatic rings. The topological polar surface area (TPSA) is 76.1 Å². The monoisotopic (exact) mass is 465 g/mol. The highest BCUT2D eigenvalue weighted by molar-refractivity contribution is 7.80. The van der Waals surface area contributed by atoms with Gasteiger partial charge in [0, 0.05) is 12.6 Å². The molecule has 0 aliphatic carbocycles. The lowest BCUT2D eigenvalue weighted by molar-refractivity contribution is -0.00918. The molecule has 1 heterocycles. The van der Waals surface area contributed by atoms with E-state index < -0.39 is 10.4 Å². The number of hydrogen-bond acceptors (Lipinski definition) is 5. The fourth-order valence-corrected chi connectivity index (χ4v) is 4.32. The van der Waals surface area contributed by atoms with Crippen molar-refractivity contribution in [2.24, 2.45) is 0 Å². The molecule has 1 aliphatic rings. The first-order valence-corrected chi connectivity index (χ1v) is 14.2. The van der Waals surface area contributed by atoms with E-state index in [1.165, 1.54) is 110 Å². The molecule has 0 bridgehead atoms. The Morgan fingerprint density at radius 1 is 0.839 bits per heavy atom. The fourth-order valence-electron chi connectivity index (χ4n) is 4.02. The SMILES string of the molecule is CCCCCCCCCCCCCCCCN1CCOCC1CC.CCOS(=O)(=O)O. The van der Waals surface area contributed by atoms with Gasteiger partial charge in [0.2, 0.25) is 0 Å². The van der Waals surface area contributed by atoms with Gasteiger partial charge in [0.15, 0.2) is 0 Å². The summed E-state index contributed by atoms with van der Waals surface area (Å²) in [6.07, 6.45) is 21.5. The lowest BCUT2D eigenvalue weighted by Crippen LogP contribution is -2.45. The minimum Gasteiger partial charge on any atom is -0.378 e. The van der Waals surface area contributed by atoms with E-state index in [0.29, 0.717) is 6.04 Å². The summed E-state index contributed by atoms with van der Waals surface area (Å²) < 4.78 is 36.2. The standard InChI is InChI=1S/C22H45NO.C2H6O4S/c1-3-5-6-7-8-9-10-11-12-13-14-15-16-17-18-23-19-20-24-21-22(23)4-2;1-2-6-7(3,4)5/h22H,3-21H2,1-2H3;2H2,1H3,(H,3,4,5). The van der Waals surface area contributed by atoms with E-state index in [1.807, 2.05) is 0 Å². The largest absolute Gasteiger partial charge is 0.397 e. The minimum absolute atomic E-state index is 0.0289. The van der Waals surface area contributed by atoms with Crippen LogP contribution in [0.2, 0.25) is 0 Å². The Balaban J connectivity index is 0.00000110. The van der Waals surface area contributed by atoms with Crippen LogP contribution in [0.5, 0.6) is 0 Å². The molecule has 31 heavy (non-hydrogen) atoms. The Hall–Kier alpha value is -0.210. The highest BCUT2D eigenvalue weighted by Crippen LogP contribution is 2.15. The van der Waals surface area contributed by atoms with Crippen LogP contribution in [0, 0.1) is 0 Å². The first kappa shape index (κ1) is 30.8. The highest BCUT2D eigenvalue weighted by atomic mass is 32.3.